The van der Waals surface area contributed by atoms with Crippen molar-refractivity contribution in [3.8, 4) is 5.75 Å². The van der Waals surface area contributed by atoms with Crippen LogP contribution in [0.25, 0.3) is 5.76 Å². The number of non-ortho nitro benzene ring substituents is 1. The number of aliphatic hydroxyl groups excluding tert-OH is 1. The van der Waals surface area contributed by atoms with E-state index in [-0.39, 0.29) is 44.2 Å². The zero-order chi connectivity index (χ0) is 28.6. The molecule has 0 saturated carbocycles. The number of aliphatic hydroxyl groups is 1. The molecule has 3 aromatic rings. The Kier molecular flexibility index (Phi) is 7.50. The number of nitro benzene ring substituents is 1. The number of nitro groups is 1. The average molecular weight is 552 g/mol. The van der Waals surface area contributed by atoms with E-state index in [2.05, 4.69) is 4.98 Å². The van der Waals surface area contributed by atoms with Crippen molar-refractivity contribution in [1.82, 2.24) is 4.98 Å². The van der Waals surface area contributed by atoms with E-state index in [1.807, 2.05) is 13.8 Å². The molecule has 11 nitrogen and oxygen atoms in total. The highest BCUT2D eigenvalue weighted by Crippen LogP contribution is 2.44. The summed E-state index contributed by atoms with van der Waals surface area (Å²) >= 11 is 0.836. The third kappa shape index (κ3) is 5.10. The quantitative estimate of drug-likeness (QED) is 0.108. The number of aryl methyl sites for hydroxylation is 2. The number of Topliss-reactive ketones (excluding diaryl/α,β-unsaturated/α-hetero) is 1. The van der Waals surface area contributed by atoms with Crippen LogP contribution in [0.15, 0.2) is 48.0 Å². The summed E-state index contributed by atoms with van der Waals surface area (Å²) in [5, 5.41) is 22.9. The molecule has 1 saturated heterocycles. The number of anilines is 1. The Hall–Kier alpha value is -4.58. The Morgan fingerprint density at radius 2 is 1.90 bits per heavy atom. The van der Waals surface area contributed by atoms with E-state index in [1.54, 1.807) is 32.0 Å². The maximum Gasteiger partial charge on any atom is 0.350 e. The molecule has 1 atom stereocenters. The Balaban J connectivity index is 1.93. The van der Waals surface area contributed by atoms with E-state index in [9.17, 15) is 29.6 Å². The fraction of sp³-hybridized carbons (Fsp3) is 0.259. The van der Waals surface area contributed by atoms with Gasteiger partial charge in [0.1, 0.15) is 16.4 Å². The first-order valence-electron chi connectivity index (χ1n) is 11.8. The number of methoxy groups -OCH3 is 1. The monoisotopic (exact) mass is 551 g/mol. The van der Waals surface area contributed by atoms with Gasteiger partial charge in [-0.1, -0.05) is 23.5 Å². The fourth-order valence-corrected chi connectivity index (χ4v) is 5.27. The number of ether oxygens (including phenoxy) is 2. The molecule has 2 aromatic carbocycles. The van der Waals surface area contributed by atoms with Crippen LogP contribution < -0.4 is 9.64 Å². The van der Waals surface area contributed by atoms with Crippen molar-refractivity contribution in [2.24, 2.45) is 0 Å². The third-order valence-corrected chi connectivity index (χ3v) is 7.15. The average Bonchev–Trinajstić information content (AvgIpc) is 3.40. The molecule has 0 bridgehead atoms. The lowest BCUT2D eigenvalue weighted by molar-refractivity contribution is -0.384. The number of benzene rings is 2. The lowest BCUT2D eigenvalue weighted by Gasteiger charge is -2.23. The molecule has 0 spiro atoms. The van der Waals surface area contributed by atoms with Crippen molar-refractivity contribution in [2.45, 2.75) is 39.8 Å². The summed E-state index contributed by atoms with van der Waals surface area (Å²) in [6.45, 7) is 7.08. The summed E-state index contributed by atoms with van der Waals surface area (Å²) in [4.78, 5) is 55.4. The second kappa shape index (κ2) is 10.7. The first kappa shape index (κ1) is 27.5. The molecular weight excluding hydrogens is 526 g/mol. The normalized spacial score (nSPS) is 16.6. The largest absolute Gasteiger partial charge is 0.507 e. The number of rotatable bonds is 7. The van der Waals surface area contributed by atoms with E-state index >= 15 is 0 Å². The van der Waals surface area contributed by atoms with Crippen molar-refractivity contribution in [3.05, 3.63) is 85.4 Å². The van der Waals surface area contributed by atoms with Crippen molar-refractivity contribution in [3.63, 3.8) is 0 Å². The molecule has 2 heterocycles. The van der Waals surface area contributed by atoms with Crippen LogP contribution in [-0.2, 0) is 14.3 Å². The Morgan fingerprint density at radius 1 is 1.18 bits per heavy atom. The second-order valence-electron chi connectivity index (χ2n) is 9.07. The van der Waals surface area contributed by atoms with Gasteiger partial charge in [0.25, 0.3) is 11.5 Å². The number of aromatic nitrogens is 1. The zero-order valence-corrected chi connectivity index (χ0v) is 22.6. The highest BCUT2D eigenvalue weighted by Gasteiger charge is 2.48. The van der Waals surface area contributed by atoms with Crippen molar-refractivity contribution in [2.75, 3.05) is 12.0 Å². The number of ketones is 1. The van der Waals surface area contributed by atoms with Gasteiger partial charge in [-0.3, -0.25) is 24.6 Å². The SMILES string of the molecule is COC(=O)c1sc(N2C(=O)C(=O)C(=C(O)c3ccc(OC(C)C)c(C)c3)C2c2cccc([N+](=O)[O-])c2)nc1C. The molecule has 1 aliphatic heterocycles. The molecule has 39 heavy (non-hydrogen) atoms. The fourth-order valence-electron chi connectivity index (χ4n) is 4.26. The van der Waals surface area contributed by atoms with Gasteiger partial charge in [-0.25, -0.2) is 9.78 Å². The molecule has 202 valence electrons. The number of esters is 1. The zero-order valence-electron chi connectivity index (χ0n) is 21.8. The number of carbonyl (C=O) groups excluding carboxylic acids is 3. The summed E-state index contributed by atoms with van der Waals surface area (Å²) < 4.78 is 10.5. The first-order chi connectivity index (χ1) is 18.4. The highest BCUT2D eigenvalue weighted by molar-refractivity contribution is 7.17. The first-order valence-corrected chi connectivity index (χ1v) is 12.6. The third-order valence-electron chi connectivity index (χ3n) is 6.01. The molecule has 4 rings (SSSR count). The summed E-state index contributed by atoms with van der Waals surface area (Å²) in [7, 11) is 1.20. The number of amides is 1. The van der Waals surface area contributed by atoms with Crippen molar-refractivity contribution < 1.29 is 33.9 Å². The van der Waals surface area contributed by atoms with Gasteiger partial charge in [0.2, 0.25) is 0 Å². The van der Waals surface area contributed by atoms with Gasteiger partial charge in [0, 0.05) is 17.7 Å². The van der Waals surface area contributed by atoms with E-state index in [0.29, 0.717) is 11.3 Å². The summed E-state index contributed by atoms with van der Waals surface area (Å²) in [6, 6.07) is 9.00. The van der Waals surface area contributed by atoms with Gasteiger partial charge in [-0.05, 0) is 57.0 Å². The van der Waals surface area contributed by atoms with Crippen LogP contribution >= 0.6 is 11.3 Å². The van der Waals surface area contributed by atoms with E-state index in [1.165, 1.54) is 31.4 Å². The smallest absolute Gasteiger partial charge is 0.350 e. The number of hydrogen-bond acceptors (Lipinski definition) is 10. The maximum absolute atomic E-state index is 13.4. The highest BCUT2D eigenvalue weighted by atomic mass is 32.1. The van der Waals surface area contributed by atoms with Gasteiger partial charge in [0.15, 0.2) is 5.13 Å². The van der Waals surface area contributed by atoms with Gasteiger partial charge in [0.05, 0.1) is 35.4 Å². The van der Waals surface area contributed by atoms with Crippen LogP contribution in [-0.4, -0.2) is 45.9 Å². The van der Waals surface area contributed by atoms with Crippen molar-refractivity contribution in [1.29, 1.82) is 0 Å². The van der Waals surface area contributed by atoms with Crippen molar-refractivity contribution >= 4 is 45.6 Å². The van der Waals surface area contributed by atoms with Crippen LogP contribution in [0.2, 0.25) is 0 Å². The van der Waals surface area contributed by atoms with Crippen LogP contribution in [0.5, 0.6) is 5.75 Å². The van der Waals surface area contributed by atoms with Crippen LogP contribution in [0, 0.1) is 24.0 Å². The molecule has 1 unspecified atom stereocenters. The number of nitrogens with zero attached hydrogens (tertiary/aromatic N) is 3. The molecule has 1 N–H and O–H groups in total. The van der Waals surface area contributed by atoms with E-state index < -0.39 is 34.4 Å². The topological polar surface area (TPSA) is 149 Å². The Bertz CT molecular complexity index is 1540. The Morgan fingerprint density at radius 3 is 2.51 bits per heavy atom. The molecule has 1 amide bonds. The van der Waals surface area contributed by atoms with Crippen LogP contribution in [0.3, 0.4) is 0 Å². The number of hydrogen-bond donors (Lipinski definition) is 1. The standard InChI is InChI=1S/C27H25N3O8S/c1-13(2)38-19-10-9-17(11-14(19)3)22(31)20-21(16-7-6-8-18(12-16)30(35)36)29(25(33)23(20)32)27-28-15(4)24(39-27)26(34)37-5/h6-13,21,31H,1-5H3. The second-order valence-corrected chi connectivity index (χ2v) is 10.0. The van der Waals surface area contributed by atoms with Crippen LogP contribution in [0.1, 0.15) is 51.9 Å². The lowest BCUT2D eigenvalue weighted by Crippen LogP contribution is -2.29. The molecule has 12 heteroatoms. The minimum Gasteiger partial charge on any atom is -0.507 e. The van der Waals surface area contributed by atoms with Gasteiger partial charge in [-0.15, -0.1) is 0 Å². The van der Waals surface area contributed by atoms with Gasteiger partial charge in [-0.2, -0.15) is 0 Å². The molecule has 1 fully saturated rings. The van der Waals surface area contributed by atoms with Gasteiger partial charge < -0.3 is 14.6 Å². The summed E-state index contributed by atoms with van der Waals surface area (Å²) in [5.41, 5.74) is 0.876. The number of carbonyl (C=O) groups is 3. The van der Waals surface area contributed by atoms with E-state index in [4.69, 9.17) is 9.47 Å². The predicted molar refractivity (Wildman–Crippen MR) is 143 cm³/mol. The summed E-state index contributed by atoms with van der Waals surface area (Å²) in [5.74, 6) is -2.55. The molecule has 0 aliphatic carbocycles. The molecule has 1 aliphatic rings. The molecular formula is C27H25N3O8S. The maximum atomic E-state index is 13.4. The van der Waals surface area contributed by atoms with Crippen LogP contribution in [0.4, 0.5) is 10.8 Å². The Labute approximate surface area is 227 Å². The molecule has 1 aromatic heterocycles. The summed E-state index contributed by atoms with van der Waals surface area (Å²) in [6.07, 6.45) is -0.0843. The predicted octanol–water partition coefficient (Wildman–Crippen LogP) is 4.87. The minimum absolute atomic E-state index is 0.00224. The number of thiazole rings is 1. The molecule has 0 radical (unpaired) electrons. The minimum atomic E-state index is -1.26. The lowest BCUT2D eigenvalue weighted by atomic mass is 9.94. The van der Waals surface area contributed by atoms with Gasteiger partial charge >= 0.3 is 11.9 Å². The van der Waals surface area contributed by atoms with E-state index in [0.717, 1.165) is 16.2 Å².